The first-order chi connectivity index (χ1) is 11.8. The number of piperazine rings is 1. The van der Waals surface area contributed by atoms with Crippen molar-refractivity contribution in [2.24, 2.45) is 4.99 Å². The van der Waals surface area contributed by atoms with Crippen molar-refractivity contribution in [3.8, 4) is 5.75 Å². The summed E-state index contributed by atoms with van der Waals surface area (Å²) in [6.07, 6.45) is 4.52. The zero-order valence-corrected chi connectivity index (χ0v) is 18.4. The summed E-state index contributed by atoms with van der Waals surface area (Å²) in [5, 5.41) is 13.4. The fraction of sp³-hybridized carbons (Fsp3) is 0.611. The number of hydrogen-bond donors (Lipinski definition) is 2. The highest BCUT2D eigenvalue weighted by Crippen LogP contribution is 2.27. The molecule has 0 radical (unpaired) electrons. The van der Waals surface area contributed by atoms with Crippen LogP contribution in [0.15, 0.2) is 29.3 Å². The summed E-state index contributed by atoms with van der Waals surface area (Å²) in [4.78, 5) is 9.35. The van der Waals surface area contributed by atoms with E-state index in [1.165, 1.54) is 12.2 Å². The topological polar surface area (TPSA) is 51.1 Å². The van der Waals surface area contributed by atoms with Crippen molar-refractivity contribution in [2.75, 3.05) is 56.2 Å². The summed E-state index contributed by atoms with van der Waals surface area (Å²) in [7, 11) is 0. The minimum atomic E-state index is 0. The van der Waals surface area contributed by atoms with Crippen molar-refractivity contribution in [1.29, 1.82) is 0 Å². The molecular weight excluding hydrogens is 447 g/mol. The number of rotatable bonds is 7. The Morgan fingerprint density at radius 1 is 1.20 bits per heavy atom. The lowest BCUT2D eigenvalue weighted by molar-refractivity contribution is 0.369. The molecule has 0 atom stereocenters. The Kier molecular flexibility index (Phi) is 11.1. The maximum atomic E-state index is 10.0. The van der Waals surface area contributed by atoms with Crippen molar-refractivity contribution >= 4 is 47.4 Å². The van der Waals surface area contributed by atoms with Crippen LogP contribution < -0.4 is 10.2 Å². The van der Waals surface area contributed by atoms with Crippen LogP contribution in [0.1, 0.15) is 19.8 Å². The van der Waals surface area contributed by atoms with Crippen molar-refractivity contribution in [2.45, 2.75) is 19.8 Å². The number of halogens is 1. The molecule has 142 valence electrons. The van der Waals surface area contributed by atoms with E-state index in [1.807, 2.05) is 30.0 Å². The van der Waals surface area contributed by atoms with Crippen LogP contribution in [0, 0.1) is 0 Å². The average Bonchev–Trinajstić information content (AvgIpc) is 2.61. The molecule has 0 spiro atoms. The van der Waals surface area contributed by atoms with E-state index in [1.54, 1.807) is 6.07 Å². The second-order valence-corrected chi connectivity index (χ2v) is 6.88. The van der Waals surface area contributed by atoms with Crippen molar-refractivity contribution in [1.82, 2.24) is 10.2 Å². The lowest BCUT2D eigenvalue weighted by Gasteiger charge is -2.37. The van der Waals surface area contributed by atoms with Gasteiger partial charge in [-0.3, -0.25) is 4.99 Å². The Morgan fingerprint density at radius 3 is 2.56 bits per heavy atom. The van der Waals surface area contributed by atoms with Gasteiger partial charge in [0.05, 0.1) is 5.69 Å². The number of aliphatic imine (C=N–C) groups is 1. The van der Waals surface area contributed by atoms with Crippen LogP contribution in [0.4, 0.5) is 5.69 Å². The minimum absolute atomic E-state index is 0. The van der Waals surface area contributed by atoms with E-state index in [0.717, 1.165) is 57.3 Å². The van der Waals surface area contributed by atoms with Crippen LogP contribution in [0.3, 0.4) is 0 Å². The van der Waals surface area contributed by atoms with E-state index in [9.17, 15) is 5.11 Å². The normalized spacial score (nSPS) is 15.0. The van der Waals surface area contributed by atoms with Gasteiger partial charge in [-0.15, -0.1) is 24.0 Å². The van der Waals surface area contributed by atoms with Crippen LogP contribution in [0.25, 0.3) is 0 Å². The number of benzene rings is 1. The number of guanidine groups is 1. The van der Waals surface area contributed by atoms with Gasteiger partial charge in [0.1, 0.15) is 5.75 Å². The van der Waals surface area contributed by atoms with Crippen LogP contribution in [-0.4, -0.2) is 67.2 Å². The zero-order valence-electron chi connectivity index (χ0n) is 15.3. The molecule has 0 saturated carbocycles. The lowest BCUT2D eigenvalue weighted by atomic mass is 10.2. The smallest absolute Gasteiger partial charge is 0.194 e. The summed E-state index contributed by atoms with van der Waals surface area (Å²) < 4.78 is 0. The molecule has 1 aliphatic heterocycles. The fourth-order valence-electron chi connectivity index (χ4n) is 2.86. The molecule has 25 heavy (non-hydrogen) atoms. The van der Waals surface area contributed by atoms with Crippen LogP contribution in [0.5, 0.6) is 5.75 Å². The van der Waals surface area contributed by atoms with Gasteiger partial charge in [-0.1, -0.05) is 12.1 Å². The maximum Gasteiger partial charge on any atom is 0.194 e. The van der Waals surface area contributed by atoms with Crippen molar-refractivity contribution < 1.29 is 5.11 Å². The van der Waals surface area contributed by atoms with E-state index in [4.69, 9.17) is 4.99 Å². The summed E-state index contributed by atoms with van der Waals surface area (Å²) in [5.41, 5.74) is 0.927. The highest BCUT2D eigenvalue weighted by molar-refractivity contribution is 14.0. The first kappa shape index (κ1) is 22.2. The summed E-state index contributed by atoms with van der Waals surface area (Å²) in [6.45, 7) is 7.53. The predicted molar refractivity (Wildman–Crippen MR) is 121 cm³/mol. The van der Waals surface area contributed by atoms with E-state index in [2.05, 4.69) is 28.3 Å². The van der Waals surface area contributed by atoms with E-state index in [0.29, 0.717) is 5.75 Å². The predicted octanol–water partition coefficient (Wildman–Crippen LogP) is 3.24. The Morgan fingerprint density at radius 2 is 1.92 bits per heavy atom. The molecule has 5 nitrogen and oxygen atoms in total. The number of aromatic hydroxyl groups is 1. The SMILES string of the molecule is CCNC(=NCCCCSC)N1CCN(c2ccccc2O)CC1.I. The molecule has 1 saturated heterocycles. The van der Waals surface area contributed by atoms with Gasteiger partial charge in [-0.05, 0) is 43.9 Å². The number of phenols is 1. The van der Waals surface area contributed by atoms with Gasteiger partial charge in [-0.2, -0.15) is 11.8 Å². The van der Waals surface area contributed by atoms with Crippen molar-refractivity contribution in [3.63, 3.8) is 0 Å². The quantitative estimate of drug-likeness (QED) is 0.273. The van der Waals surface area contributed by atoms with Gasteiger partial charge in [0.25, 0.3) is 0 Å². The number of anilines is 1. The summed E-state index contributed by atoms with van der Waals surface area (Å²) in [6, 6.07) is 7.57. The monoisotopic (exact) mass is 478 g/mol. The molecule has 0 bridgehead atoms. The van der Waals surface area contributed by atoms with Gasteiger partial charge in [-0.25, -0.2) is 0 Å². The highest BCUT2D eigenvalue weighted by atomic mass is 127. The average molecular weight is 478 g/mol. The summed E-state index contributed by atoms with van der Waals surface area (Å²) >= 11 is 1.90. The third kappa shape index (κ3) is 7.13. The first-order valence-electron chi connectivity index (χ1n) is 8.81. The third-order valence-corrected chi connectivity index (χ3v) is 4.85. The number of hydrogen-bond acceptors (Lipinski definition) is 4. The standard InChI is InChI=1S/C18H30N4OS.HI/c1-3-19-18(20-10-6-7-15-24-2)22-13-11-21(12-14-22)16-8-4-5-9-17(16)23;/h4-5,8-9,23H,3,6-7,10-15H2,1-2H3,(H,19,20);1H. The molecule has 7 heteroatoms. The second kappa shape index (κ2) is 12.5. The molecule has 0 amide bonds. The largest absolute Gasteiger partial charge is 0.506 e. The number of unbranched alkanes of at least 4 members (excludes halogenated alkanes) is 1. The first-order valence-corrected chi connectivity index (χ1v) is 10.2. The number of thioether (sulfide) groups is 1. The third-order valence-electron chi connectivity index (χ3n) is 4.15. The Bertz CT molecular complexity index is 522. The number of phenolic OH excluding ortho intramolecular Hbond substituents is 1. The Labute approximate surface area is 173 Å². The number of nitrogens with one attached hydrogen (secondary N) is 1. The minimum Gasteiger partial charge on any atom is -0.506 e. The van der Waals surface area contributed by atoms with Crippen molar-refractivity contribution in [3.05, 3.63) is 24.3 Å². The molecule has 0 unspecified atom stereocenters. The molecule has 2 rings (SSSR count). The highest BCUT2D eigenvalue weighted by Gasteiger charge is 2.21. The maximum absolute atomic E-state index is 10.0. The van der Waals surface area contributed by atoms with Crippen LogP contribution >= 0.6 is 35.7 Å². The Hall–Kier alpha value is -0.830. The molecule has 1 aromatic carbocycles. The molecule has 0 aromatic heterocycles. The number of para-hydroxylation sites is 2. The molecule has 1 aromatic rings. The molecule has 1 heterocycles. The van der Waals surface area contributed by atoms with Gasteiger partial charge >= 0.3 is 0 Å². The molecule has 1 fully saturated rings. The van der Waals surface area contributed by atoms with Gasteiger partial charge in [0.15, 0.2) is 5.96 Å². The van der Waals surface area contributed by atoms with Gasteiger partial charge in [0, 0.05) is 39.3 Å². The molecule has 2 N–H and O–H groups in total. The van der Waals surface area contributed by atoms with E-state index >= 15 is 0 Å². The van der Waals surface area contributed by atoms with Crippen LogP contribution in [-0.2, 0) is 0 Å². The molecule has 1 aliphatic rings. The van der Waals surface area contributed by atoms with E-state index in [-0.39, 0.29) is 24.0 Å². The van der Waals surface area contributed by atoms with Gasteiger partial charge < -0.3 is 20.2 Å². The Balaban J connectivity index is 0.00000312. The van der Waals surface area contributed by atoms with E-state index < -0.39 is 0 Å². The second-order valence-electron chi connectivity index (χ2n) is 5.90. The van der Waals surface area contributed by atoms with Crippen LogP contribution in [0.2, 0.25) is 0 Å². The van der Waals surface area contributed by atoms with Gasteiger partial charge in [0.2, 0.25) is 0 Å². The number of nitrogens with zero attached hydrogens (tertiary/aromatic N) is 3. The molecule has 0 aliphatic carbocycles. The fourth-order valence-corrected chi connectivity index (χ4v) is 3.35. The zero-order chi connectivity index (χ0) is 17.2. The lowest BCUT2D eigenvalue weighted by Crippen LogP contribution is -2.52. The summed E-state index contributed by atoms with van der Waals surface area (Å²) in [5.74, 6) is 2.60. The molecular formula is C18H31IN4OS.